The van der Waals surface area contributed by atoms with Gasteiger partial charge in [0.25, 0.3) is 0 Å². The number of hydrogen-bond donors (Lipinski definition) is 1. The maximum absolute atomic E-state index is 5.66. The molecule has 2 N–H and O–H groups in total. The van der Waals surface area contributed by atoms with Gasteiger partial charge in [0.2, 0.25) is 11.8 Å². The maximum atomic E-state index is 5.66. The first-order valence-electron chi connectivity index (χ1n) is 4.93. The minimum absolute atomic E-state index is 0.239. The van der Waals surface area contributed by atoms with Gasteiger partial charge in [-0.1, -0.05) is 15.9 Å². The molecule has 5 heteroatoms. The molecule has 0 saturated heterocycles. The summed E-state index contributed by atoms with van der Waals surface area (Å²) < 4.78 is 6.52. The van der Waals surface area contributed by atoms with Gasteiger partial charge in [-0.05, 0) is 37.6 Å². The average molecular weight is 282 g/mol. The zero-order chi connectivity index (χ0) is 11.7. The molecule has 84 valence electrons. The predicted octanol–water partition coefficient (Wildman–Crippen LogP) is 2.83. The van der Waals surface area contributed by atoms with Crippen LogP contribution in [0.5, 0.6) is 0 Å². The normalized spacial score (nSPS) is 12.8. The van der Waals surface area contributed by atoms with Crippen LogP contribution >= 0.6 is 15.9 Å². The van der Waals surface area contributed by atoms with Crippen LogP contribution in [0.1, 0.15) is 24.4 Å². The van der Waals surface area contributed by atoms with Crippen molar-refractivity contribution >= 4 is 15.9 Å². The molecule has 0 amide bonds. The Balaban J connectivity index is 2.42. The second-order valence-corrected chi connectivity index (χ2v) is 4.61. The number of aromatic nitrogens is 2. The van der Waals surface area contributed by atoms with Gasteiger partial charge in [-0.15, -0.1) is 10.2 Å². The number of aryl methyl sites for hydroxylation is 1. The van der Waals surface area contributed by atoms with Crippen molar-refractivity contribution < 1.29 is 4.42 Å². The number of nitrogens with zero attached hydrogens (tertiary/aromatic N) is 2. The molecule has 1 unspecified atom stereocenters. The monoisotopic (exact) mass is 281 g/mol. The van der Waals surface area contributed by atoms with Crippen LogP contribution in [0, 0.1) is 6.92 Å². The van der Waals surface area contributed by atoms with Crippen LogP contribution in [0.15, 0.2) is 27.1 Å². The number of hydrogen-bond acceptors (Lipinski definition) is 4. The molecule has 1 aromatic carbocycles. The minimum Gasteiger partial charge on any atom is -0.419 e. The van der Waals surface area contributed by atoms with Gasteiger partial charge in [0.05, 0.1) is 6.04 Å². The highest BCUT2D eigenvalue weighted by Crippen LogP contribution is 2.25. The first-order valence-corrected chi connectivity index (χ1v) is 5.72. The van der Waals surface area contributed by atoms with E-state index in [1.54, 1.807) is 0 Å². The van der Waals surface area contributed by atoms with Crippen LogP contribution < -0.4 is 5.73 Å². The Morgan fingerprint density at radius 1 is 1.38 bits per heavy atom. The quantitative estimate of drug-likeness (QED) is 0.919. The summed E-state index contributed by atoms with van der Waals surface area (Å²) in [6.07, 6.45) is 0. The molecule has 16 heavy (non-hydrogen) atoms. The molecule has 1 heterocycles. The van der Waals surface area contributed by atoms with Crippen LogP contribution in [-0.2, 0) is 0 Å². The minimum atomic E-state index is -0.239. The van der Waals surface area contributed by atoms with Gasteiger partial charge in [-0.3, -0.25) is 0 Å². The van der Waals surface area contributed by atoms with E-state index < -0.39 is 0 Å². The van der Waals surface area contributed by atoms with Gasteiger partial charge in [0.15, 0.2) is 0 Å². The van der Waals surface area contributed by atoms with Crippen LogP contribution in [0.4, 0.5) is 0 Å². The lowest BCUT2D eigenvalue weighted by Gasteiger charge is -2.01. The first-order chi connectivity index (χ1) is 7.58. The van der Waals surface area contributed by atoms with Crippen molar-refractivity contribution in [3.8, 4) is 11.5 Å². The van der Waals surface area contributed by atoms with Gasteiger partial charge < -0.3 is 10.2 Å². The molecule has 0 radical (unpaired) electrons. The fraction of sp³-hybridized carbons (Fsp3) is 0.273. The van der Waals surface area contributed by atoms with E-state index >= 15 is 0 Å². The lowest BCUT2D eigenvalue weighted by molar-refractivity contribution is 0.473. The molecule has 0 saturated carbocycles. The Morgan fingerprint density at radius 3 is 2.69 bits per heavy atom. The fourth-order valence-corrected chi connectivity index (χ4v) is 1.87. The van der Waals surface area contributed by atoms with Crippen LogP contribution in [0.2, 0.25) is 0 Å². The SMILES string of the molecule is Cc1cc(Br)ccc1-c1nnc(C(C)N)o1. The summed E-state index contributed by atoms with van der Waals surface area (Å²) in [6, 6.07) is 5.65. The summed E-state index contributed by atoms with van der Waals surface area (Å²) in [7, 11) is 0. The smallest absolute Gasteiger partial charge is 0.248 e. The van der Waals surface area contributed by atoms with Crippen molar-refractivity contribution in [1.82, 2.24) is 10.2 Å². The van der Waals surface area contributed by atoms with Crippen molar-refractivity contribution in [3.05, 3.63) is 34.1 Å². The Kier molecular flexibility index (Phi) is 3.07. The van der Waals surface area contributed by atoms with Gasteiger partial charge in [0.1, 0.15) is 0 Å². The van der Waals surface area contributed by atoms with Crippen molar-refractivity contribution in [2.24, 2.45) is 5.73 Å². The van der Waals surface area contributed by atoms with Crippen molar-refractivity contribution in [2.75, 3.05) is 0 Å². The van der Waals surface area contributed by atoms with Gasteiger partial charge in [0, 0.05) is 10.0 Å². The van der Waals surface area contributed by atoms with E-state index in [0.717, 1.165) is 15.6 Å². The van der Waals surface area contributed by atoms with E-state index in [1.165, 1.54) is 0 Å². The number of benzene rings is 1. The third kappa shape index (κ3) is 2.15. The molecule has 0 fully saturated rings. The maximum Gasteiger partial charge on any atom is 0.248 e. The average Bonchev–Trinajstić information content (AvgIpc) is 2.66. The van der Waals surface area contributed by atoms with E-state index in [4.69, 9.17) is 10.2 Å². The molecule has 4 nitrogen and oxygen atoms in total. The Morgan fingerprint density at radius 2 is 2.12 bits per heavy atom. The highest BCUT2D eigenvalue weighted by molar-refractivity contribution is 9.10. The second kappa shape index (κ2) is 4.35. The second-order valence-electron chi connectivity index (χ2n) is 3.69. The summed E-state index contributed by atoms with van der Waals surface area (Å²) in [6.45, 7) is 3.81. The molecule has 0 aliphatic rings. The summed E-state index contributed by atoms with van der Waals surface area (Å²) in [5.41, 5.74) is 7.67. The fourth-order valence-electron chi connectivity index (χ4n) is 1.39. The molecule has 2 rings (SSSR count). The molecular formula is C11H12BrN3O. The Labute approximate surface area is 102 Å². The van der Waals surface area contributed by atoms with E-state index in [2.05, 4.69) is 26.1 Å². The van der Waals surface area contributed by atoms with Crippen molar-refractivity contribution in [2.45, 2.75) is 19.9 Å². The number of halogens is 1. The summed E-state index contributed by atoms with van der Waals surface area (Å²) >= 11 is 3.41. The largest absolute Gasteiger partial charge is 0.419 e. The number of nitrogens with two attached hydrogens (primary N) is 1. The molecule has 2 aromatic rings. The van der Waals surface area contributed by atoms with Gasteiger partial charge in [-0.2, -0.15) is 0 Å². The zero-order valence-corrected chi connectivity index (χ0v) is 10.7. The summed E-state index contributed by atoms with van der Waals surface area (Å²) in [5, 5.41) is 7.89. The lowest BCUT2D eigenvalue weighted by atomic mass is 10.1. The van der Waals surface area contributed by atoms with Crippen molar-refractivity contribution in [1.29, 1.82) is 0 Å². The molecule has 0 aliphatic heterocycles. The molecule has 1 aromatic heterocycles. The van der Waals surface area contributed by atoms with Gasteiger partial charge in [-0.25, -0.2) is 0 Å². The molecule has 0 spiro atoms. The molecular weight excluding hydrogens is 270 g/mol. The van der Waals surface area contributed by atoms with Crippen LogP contribution in [-0.4, -0.2) is 10.2 Å². The lowest BCUT2D eigenvalue weighted by Crippen LogP contribution is -2.04. The first kappa shape index (κ1) is 11.3. The third-order valence-electron chi connectivity index (χ3n) is 2.25. The highest BCUT2D eigenvalue weighted by atomic mass is 79.9. The highest BCUT2D eigenvalue weighted by Gasteiger charge is 2.13. The number of rotatable bonds is 2. The standard InChI is InChI=1S/C11H12BrN3O/c1-6-5-8(12)3-4-9(6)11-15-14-10(16-11)7(2)13/h3-5,7H,13H2,1-2H3. The van der Waals surface area contributed by atoms with Crippen LogP contribution in [0.3, 0.4) is 0 Å². The van der Waals surface area contributed by atoms with E-state index in [0.29, 0.717) is 11.8 Å². The summed E-state index contributed by atoms with van der Waals surface area (Å²) in [4.78, 5) is 0. The van der Waals surface area contributed by atoms with Gasteiger partial charge >= 0.3 is 0 Å². The predicted molar refractivity (Wildman–Crippen MR) is 64.8 cm³/mol. The van der Waals surface area contributed by atoms with E-state index in [9.17, 15) is 0 Å². The van der Waals surface area contributed by atoms with Crippen molar-refractivity contribution in [3.63, 3.8) is 0 Å². The van der Waals surface area contributed by atoms with E-state index in [-0.39, 0.29) is 6.04 Å². The Bertz CT molecular complexity index is 508. The molecule has 1 atom stereocenters. The van der Waals surface area contributed by atoms with Crippen LogP contribution in [0.25, 0.3) is 11.5 Å². The molecule has 0 bridgehead atoms. The Hall–Kier alpha value is -1.20. The molecule has 0 aliphatic carbocycles. The topological polar surface area (TPSA) is 64.9 Å². The zero-order valence-electron chi connectivity index (χ0n) is 9.07. The summed E-state index contributed by atoms with van der Waals surface area (Å²) in [5.74, 6) is 0.967. The van der Waals surface area contributed by atoms with E-state index in [1.807, 2.05) is 32.0 Å². The third-order valence-corrected chi connectivity index (χ3v) is 2.74.